The number of nitrogens with one attached hydrogen (secondary N) is 1. The topological polar surface area (TPSA) is 38.0 Å². The highest BCUT2D eigenvalue weighted by Crippen LogP contribution is 2.30. The number of benzene rings is 1. The Bertz CT molecular complexity index is 322. The lowest BCUT2D eigenvalue weighted by atomic mass is 9.85. The molecule has 3 N–H and O–H groups in total. The Kier molecular flexibility index (Phi) is 6.23. The van der Waals surface area contributed by atoms with Gasteiger partial charge in [-0.2, -0.15) is 0 Å². The molecule has 2 unspecified atom stereocenters. The molecule has 0 aliphatic carbocycles. The van der Waals surface area contributed by atoms with E-state index in [4.69, 9.17) is 5.84 Å². The SMILES string of the molecule is CCCCC(CC)C(NN)c1ccccc1C. The Morgan fingerprint density at radius 2 is 1.94 bits per heavy atom. The number of hydrogen-bond donors (Lipinski definition) is 2. The van der Waals surface area contributed by atoms with Crippen LogP contribution in [0.25, 0.3) is 0 Å². The van der Waals surface area contributed by atoms with Gasteiger partial charge in [0.25, 0.3) is 0 Å². The summed E-state index contributed by atoms with van der Waals surface area (Å²) in [5.41, 5.74) is 5.69. The summed E-state index contributed by atoms with van der Waals surface area (Å²) in [4.78, 5) is 0. The number of rotatable bonds is 7. The van der Waals surface area contributed by atoms with Crippen molar-refractivity contribution in [3.63, 3.8) is 0 Å². The van der Waals surface area contributed by atoms with Crippen LogP contribution in [0.5, 0.6) is 0 Å². The van der Waals surface area contributed by atoms with Gasteiger partial charge in [0, 0.05) is 6.04 Å². The fraction of sp³-hybridized carbons (Fsp3) is 0.600. The molecular weight excluding hydrogens is 208 g/mol. The van der Waals surface area contributed by atoms with E-state index in [2.05, 4.69) is 50.5 Å². The molecule has 96 valence electrons. The summed E-state index contributed by atoms with van der Waals surface area (Å²) in [5, 5.41) is 0. The monoisotopic (exact) mass is 234 g/mol. The average molecular weight is 234 g/mol. The maximum absolute atomic E-state index is 5.77. The van der Waals surface area contributed by atoms with Crippen molar-refractivity contribution in [2.24, 2.45) is 11.8 Å². The third-order valence-electron chi connectivity index (χ3n) is 3.63. The zero-order chi connectivity index (χ0) is 12.7. The molecule has 0 heterocycles. The number of hydrazine groups is 1. The Hall–Kier alpha value is -0.860. The standard InChI is InChI=1S/C15H26N2/c1-4-6-10-13(5-2)15(17-16)14-11-8-7-9-12(14)3/h7-9,11,13,15,17H,4-6,10,16H2,1-3H3. The van der Waals surface area contributed by atoms with E-state index in [9.17, 15) is 0 Å². The van der Waals surface area contributed by atoms with Crippen LogP contribution in [0.15, 0.2) is 24.3 Å². The third kappa shape index (κ3) is 3.83. The van der Waals surface area contributed by atoms with Crippen molar-refractivity contribution < 1.29 is 0 Å². The average Bonchev–Trinajstić information content (AvgIpc) is 2.36. The van der Waals surface area contributed by atoms with Crippen LogP contribution in [-0.4, -0.2) is 0 Å². The highest BCUT2D eigenvalue weighted by molar-refractivity contribution is 5.29. The first kappa shape index (κ1) is 14.2. The summed E-state index contributed by atoms with van der Waals surface area (Å²) in [6, 6.07) is 8.81. The first-order chi connectivity index (χ1) is 8.24. The summed E-state index contributed by atoms with van der Waals surface area (Å²) < 4.78 is 0. The van der Waals surface area contributed by atoms with Gasteiger partial charge in [-0.15, -0.1) is 0 Å². The molecule has 17 heavy (non-hydrogen) atoms. The van der Waals surface area contributed by atoms with Crippen LogP contribution in [0.2, 0.25) is 0 Å². The molecule has 2 heteroatoms. The molecule has 0 fully saturated rings. The highest BCUT2D eigenvalue weighted by Gasteiger charge is 2.21. The number of unbranched alkanes of at least 4 members (excludes halogenated alkanes) is 1. The van der Waals surface area contributed by atoms with Gasteiger partial charge in [0.05, 0.1) is 0 Å². The van der Waals surface area contributed by atoms with Crippen LogP contribution in [0, 0.1) is 12.8 Å². The van der Waals surface area contributed by atoms with Crippen molar-refractivity contribution in [2.75, 3.05) is 0 Å². The normalized spacial score (nSPS) is 14.6. The Morgan fingerprint density at radius 3 is 2.47 bits per heavy atom. The van der Waals surface area contributed by atoms with Gasteiger partial charge in [0.15, 0.2) is 0 Å². The van der Waals surface area contributed by atoms with Gasteiger partial charge >= 0.3 is 0 Å². The van der Waals surface area contributed by atoms with E-state index in [1.807, 2.05) is 0 Å². The van der Waals surface area contributed by atoms with E-state index in [0.29, 0.717) is 5.92 Å². The summed E-state index contributed by atoms with van der Waals surface area (Å²) >= 11 is 0. The first-order valence-electron chi connectivity index (χ1n) is 6.76. The largest absolute Gasteiger partial charge is 0.271 e. The first-order valence-corrected chi connectivity index (χ1v) is 6.76. The van der Waals surface area contributed by atoms with Gasteiger partial charge in [0.1, 0.15) is 0 Å². The Balaban J connectivity index is 2.85. The second-order valence-electron chi connectivity index (χ2n) is 4.81. The van der Waals surface area contributed by atoms with Crippen molar-refractivity contribution in [1.82, 2.24) is 5.43 Å². The van der Waals surface area contributed by atoms with Gasteiger partial charge in [-0.25, -0.2) is 0 Å². The van der Waals surface area contributed by atoms with Crippen molar-refractivity contribution >= 4 is 0 Å². The van der Waals surface area contributed by atoms with E-state index < -0.39 is 0 Å². The van der Waals surface area contributed by atoms with Gasteiger partial charge in [-0.3, -0.25) is 11.3 Å². The summed E-state index contributed by atoms with van der Waals surface area (Å²) in [5.74, 6) is 6.40. The van der Waals surface area contributed by atoms with Crippen molar-refractivity contribution in [2.45, 2.75) is 52.5 Å². The molecule has 2 nitrogen and oxygen atoms in total. The van der Waals surface area contributed by atoms with Crippen LogP contribution < -0.4 is 11.3 Å². The maximum Gasteiger partial charge on any atom is 0.0490 e. The van der Waals surface area contributed by atoms with Crippen LogP contribution in [0.4, 0.5) is 0 Å². The maximum atomic E-state index is 5.77. The van der Waals surface area contributed by atoms with Crippen molar-refractivity contribution in [3.8, 4) is 0 Å². The quantitative estimate of drug-likeness (QED) is 0.557. The molecule has 1 aromatic rings. The minimum absolute atomic E-state index is 0.285. The lowest BCUT2D eigenvalue weighted by Crippen LogP contribution is -2.34. The molecular formula is C15H26N2. The van der Waals surface area contributed by atoms with Gasteiger partial charge in [0.2, 0.25) is 0 Å². The van der Waals surface area contributed by atoms with E-state index in [1.54, 1.807) is 0 Å². The predicted octanol–water partition coefficient (Wildman–Crippen LogP) is 3.72. The lowest BCUT2D eigenvalue weighted by molar-refractivity contribution is 0.326. The fourth-order valence-electron chi connectivity index (χ4n) is 2.49. The van der Waals surface area contributed by atoms with Crippen LogP contribution in [0.3, 0.4) is 0 Å². The molecule has 0 amide bonds. The van der Waals surface area contributed by atoms with Crippen LogP contribution in [-0.2, 0) is 0 Å². The molecule has 0 radical (unpaired) electrons. The predicted molar refractivity (Wildman–Crippen MR) is 74.5 cm³/mol. The summed E-state index contributed by atoms with van der Waals surface area (Å²) in [7, 11) is 0. The molecule has 0 saturated heterocycles. The molecule has 0 aromatic heterocycles. The van der Waals surface area contributed by atoms with Crippen LogP contribution >= 0.6 is 0 Å². The van der Waals surface area contributed by atoms with E-state index in [-0.39, 0.29) is 6.04 Å². The molecule has 0 saturated carbocycles. The van der Waals surface area contributed by atoms with Crippen LogP contribution in [0.1, 0.15) is 56.7 Å². The molecule has 0 spiro atoms. The molecule has 2 atom stereocenters. The number of nitrogens with two attached hydrogens (primary N) is 1. The van der Waals surface area contributed by atoms with E-state index in [1.165, 1.54) is 36.8 Å². The van der Waals surface area contributed by atoms with Gasteiger partial charge in [-0.05, 0) is 30.4 Å². The van der Waals surface area contributed by atoms with Crippen molar-refractivity contribution in [3.05, 3.63) is 35.4 Å². The second kappa shape index (κ2) is 7.46. The van der Waals surface area contributed by atoms with Crippen molar-refractivity contribution in [1.29, 1.82) is 0 Å². The minimum Gasteiger partial charge on any atom is -0.271 e. The lowest BCUT2D eigenvalue weighted by Gasteiger charge is -2.27. The van der Waals surface area contributed by atoms with Gasteiger partial charge < -0.3 is 0 Å². The molecule has 0 aliphatic rings. The Morgan fingerprint density at radius 1 is 1.24 bits per heavy atom. The molecule has 1 aromatic carbocycles. The van der Waals surface area contributed by atoms with E-state index >= 15 is 0 Å². The zero-order valence-corrected chi connectivity index (χ0v) is 11.4. The summed E-state index contributed by atoms with van der Waals surface area (Å²) in [6.07, 6.45) is 4.95. The smallest absolute Gasteiger partial charge is 0.0490 e. The number of aryl methyl sites for hydroxylation is 1. The molecule has 1 rings (SSSR count). The Labute approximate surface area is 106 Å². The van der Waals surface area contributed by atoms with E-state index in [0.717, 1.165) is 0 Å². The fourth-order valence-corrected chi connectivity index (χ4v) is 2.49. The number of hydrogen-bond acceptors (Lipinski definition) is 2. The second-order valence-corrected chi connectivity index (χ2v) is 4.81. The van der Waals surface area contributed by atoms with Gasteiger partial charge in [-0.1, -0.05) is 57.4 Å². The molecule has 0 bridgehead atoms. The third-order valence-corrected chi connectivity index (χ3v) is 3.63. The summed E-state index contributed by atoms with van der Waals surface area (Å²) in [6.45, 7) is 6.65. The zero-order valence-electron chi connectivity index (χ0n) is 11.4. The molecule has 0 aliphatic heterocycles. The highest BCUT2D eigenvalue weighted by atomic mass is 15.2. The minimum atomic E-state index is 0.285.